The number of anilines is 2. The second-order valence-electron chi connectivity index (χ2n) is 5.74. The Balaban J connectivity index is 1.80. The van der Waals surface area contributed by atoms with Gasteiger partial charge >= 0.3 is 0 Å². The van der Waals surface area contributed by atoms with E-state index in [2.05, 4.69) is 10.6 Å². The van der Waals surface area contributed by atoms with Gasteiger partial charge < -0.3 is 15.4 Å². The first kappa shape index (κ1) is 15.0. The topological polar surface area (TPSA) is 67.4 Å². The standard InChI is InChI=1S/C17H15FN2O3/c1-17(2)16(22)20-13-9-12(7-8-14(13)23-17)19-15(21)10-3-5-11(18)6-4-10/h3-9H,1-2H3,(H,19,21)(H,20,22). The molecule has 0 saturated heterocycles. The predicted molar refractivity (Wildman–Crippen MR) is 84.1 cm³/mol. The minimum absolute atomic E-state index is 0.257. The van der Waals surface area contributed by atoms with Gasteiger partial charge in [0.25, 0.3) is 11.8 Å². The van der Waals surface area contributed by atoms with Crippen molar-refractivity contribution >= 4 is 23.2 Å². The molecule has 0 fully saturated rings. The van der Waals surface area contributed by atoms with Gasteiger partial charge in [-0.05, 0) is 56.3 Å². The molecule has 2 N–H and O–H groups in total. The Morgan fingerprint density at radius 3 is 2.57 bits per heavy atom. The largest absolute Gasteiger partial charge is 0.476 e. The number of halogens is 1. The van der Waals surface area contributed by atoms with Crippen molar-refractivity contribution in [2.75, 3.05) is 10.6 Å². The minimum Gasteiger partial charge on any atom is -0.476 e. The summed E-state index contributed by atoms with van der Waals surface area (Å²) in [5.41, 5.74) is 0.393. The Morgan fingerprint density at radius 2 is 1.87 bits per heavy atom. The number of amides is 2. The molecule has 0 atom stereocenters. The van der Waals surface area contributed by atoms with E-state index in [1.54, 1.807) is 32.0 Å². The Morgan fingerprint density at radius 1 is 1.17 bits per heavy atom. The van der Waals surface area contributed by atoms with Crippen LogP contribution in [0.1, 0.15) is 24.2 Å². The van der Waals surface area contributed by atoms with Crippen molar-refractivity contribution in [1.82, 2.24) is 0 Å². The van der Waals surface area contributed by atoms with Gasteiger partial charge in [0.1, 0.15) is 11.6 Å². The van der Waals surface area contributed by atoms with Crippen LogP contribution in [0.15, 0.2) is 42.5 Å². The number of hydrogen-bond acceptors (Lipinski definition) is 3. The summed E-state index contributed by atoms with van der Waals surface area (Å²) in [5.74, 6) is -0.493. The van der Waals surface area contributed by atoms with Gasteiger partial charge in [-0.2, -0.15) is 0 Å². The molecule has 0 aromatic heterocycles. The number of fused-ring (bicyclic) bond motifs is 1. The smallest absolute Gasteiger partial charge is 0.268 e. The number of rotatable bonds is 2. The van der Waals surface area contributed by atoms with Crippen LogP contribution in [0.4, 0.5) is 15.8 Å². The highest BCUT2D eigenvalue weighted by atomic mass is 19.1. The molecule has 118 valence electrons. The van der Waals surface area contributed by atoms with Crippen molar-refractivity contribution in [3.05, 3.63) is 53.8 Å². The maximum atomic E-state index is 12.9. The van der Waals surface area contributed by atoms with E-state index in [1.807, 2.05) is 0 Å². The van der Waals surface area contributed by atoms with Gasteiger partial charge in [-0.1, -0.05) is 0 Å². The third-order valence-corrected chi connectivity index (χ3v) is 3.50. The van der Waals surface area contributed by atoms with E-state index < -0.39 is 11.4 Å². The number of ether oxygens (including phenoxy) is 1. The molecule has 2 aromatic rings. The van der Waals surface area contributed by atoms with Gasteiger partial charge in [-0.25, -0.2) is 4.39 Å². The molecule has 0 unspecified atom stereocenters. The van der Waals surface area contributed by atoms with Crippen LogP contribution in [0.25, 0.3) is 0 Å². The quantitative estimate of drug-likeness (QED) is 0.894. The Hall–Kier alpha value is -2.89. The summed E-state index contributed by atoms with van der Waals surface area (Å²) in [5, 5.41) is 5.44. The molecule has 5 nitrogen and oxygen atoms in total. The second kappa shape index (κ2) is 5.39. The van der Waals surface area contributed by atoms with Crippen LogP contribution in [0.3, 0.4) is 0 Å². The molecular formula is C17H15FN2O3. The number of hydrogen-bond donors (Lipinski definition) is 2. The van der Waals surface area contributed by atoms with E-state index in [0.29, 0.717) is 22.7 Å². The number of benzene rings is 2. The normalized spacial score (nSPS) is 15.2. The summed E-state index contributed by atoms with van der Waals surface area (Å²) in [6.07, 6.45) is 0. The molecule has 1 heterocycles. The fourth-order valence-electron chi connectivity index (χ4n) is 2.19. The number of carbonyl (C=O) groups is 2. The van der Waals surface area contributed by atoms with Crippen LogP contribution in [0.2, 0.25) is 0 Å². The molecule has 0 bridgehead atoms. The zero-order valence-corrected chi connectivity index (χ0v) is 12.6. The second-order valence-corrected chi connectivity index (χ2v) is 5.74. The molecule has 2 amide bonds. The molecule has 2 aromatic carbocycles. The van der Waals surface area contributed by atoms with Gasteiger partial charge in [-0.15, -0.1) is 0 Å². The lowest BCUT2D eigenvalue weighted by Crippen LogP contribution is -2.45. The highest BCUT2D eigenvalue weighted by Gasteiger charge is 2.35. The monoisotopic (exact) mass is 314 g/mol. The van der Waals surface area contributed by atoms with E-state index in [9.17, 15) is 14.0 Å². The lowest BCUT2D eigenvalue weighted by molar-refractivity contribution is -0.129. The molecular weight excluding hydrogens is 299 g/mol. The zero-order chi connectivity index (χ0) is 16.6. The third-order valence-electron chi connectivity index (χ3n) is 3.50. The maximum Gasteiger partial charge on any atom is 0.268 e. The summed E-state index contributed by atoms with van der Waals surface area (Å²) >= 11 is 0. The van der Waals surface area contributed by atoms with Gasteiger partial charge in [0, 0.05) is 11.3 Å². The van der Waals surface area contributed by atoms with Gasteiger partial charge in [0.15, 0.2) is 5.60 Å². The van der Waals surface area contributed by atoms with Gasteiger partial charge in [0.05, 0.1) is 5.69 Å². The van der Waals surface area contributed by atoms with Crippen LogP contribution >= 0.6 is 0 Å². The molecule has 1 aliphatic heterocycles. The molecule has 0 saturated carbocycles. The van der Waals surface area contributed by atoms with Crippen LogP contribution in [0, 0.1) is 5.82 Å². The van der Waals surface area contributed by atoms with E-state index in [1.165, 1.54) is 24.3 Å². The first-order valence-electron chi connectivity index (χ1n) is 7.06. The fourth-order valence-corrected chi connectivity index (χ4v) is 2.19. The van der Waals surface area contributed by atoms with E-state index in [0.717, 1.165) is 0 Å². The van der Waals surface area contributed by atoms with Crippen LogP contribution in [-0.2, 0) is 4.79 Å². The summed E-state index contributed by atoms with van der Waals surface area (Å²) < 4.78 is 18.5. The van der Waals surface area contributed by atoms with Crippen LogP contribution in [-0.4, -0.2) is 17.4 Å². The molecule has 0 radical (unpaired) electrons. The molecule has 0 aliphatic carbocycles. The van der Waals surface area contributed by atoms with Crippen LogP contribution < -0.4 is 15.4 Å². The van der Waals surface area contributed by atoms with E-state index in [4.69, 9.17) is 4.74 Å². The third kappa shape index (κ3) is 3.01. The summed E-state index contributed by atoms with van der Waals surface area (Å²) in [6.45, 7) is 3.35. The van der Waals surface area contributed by atoms with Crippen molar-refractivity contribution in [3.8, 4) is 5.75 Å². The van der Waals surface area contributed by atoms with Crippen molar-refractivity contribution in [1.29, 1.82) is 0 Å². The number of nitrogens with one attached hydrogen (secondary N) is 2. The predicted octanol–water partition coefficient (Wildman–Crippen LogP) is 3.19. The molecule has 0 spiro atoms. The fraction of sp³-hybridized carbons (Fsp3) is 0.176. The van der Waals surface area contributed by atoms with Crippen molar-refractivity contribution in [2.24, 2.45) is 0 Å². The molecule has 3 rings (SSSR count). The lowest BCUT2D eigenvalue weighted by Gasteiger charge is -2.31. The van der Waals surface area contributed by atoms with Gasteiger partial charge in [0.2, 0.25) is 0 Å². The summed E-state index contributed by atoms with van der Waals surface area (Å²) in [7, 11) is 0. The van der Waals surface area contributed by atoms with Gasteiger partial charge in [-0.3, -0.25) is 9.59 Å². The molecule has 1 aliphatic rings. The summed E-state index contributed by atoms with van der Waals surface area (Å²) in [6, 6.07) is 10.2. The zero-order valence-electron chi connectivity index (χ0n) is 12.6. The lowest BCUT2D eigenvalue weighted by atomic mass is 10.1. The highest BCUT2D eigenvalue weighted by Crippen LogP contribution is 2.35. The first-order valence-corrected chi connectivity index (χ1v) is 7.06. The Labute approximate surface area is 132 Å². The highest BCUT2D eigenvalue weighted by molar-refractivity contribution is 6.05. The average molecular weight is 314 g/mol. The maximum absolute atomic E-state index is 12.9. The average Bonchev–Trinajstić information content (AvgIpc) is 2.49. The Kier molecular flexibility index (Phi) is 3.52. The van der Waals surface area contributed by atoms with E-state index >= 15 is 0 Å². The number of carbonyl (C=O) groups excluding carboxylic acids is 2. The Bertz CT molecular complexity index is 785. The summed E-state index contributed by atoms with van der Waals surface area (Å²) in [4.78, 5) is 24.0. The van der Waals surface area contributed by atoms with E-state index in [-0.39, 0.29) is 11.8 Å². The molecule has 23 heavy (non-hydrogen) atoms. The first-order chi connectivity index (χ1) is 10.8. The van der Waals surface area contributed by atoms with Crippen molar-refractivity contribution in [2.45, 2.75) is 19.4 Å². The van der Waals surface area contributed by atoms with Crippen molar-refractivity contribution < 1.29 is 18.7 Å². The van der Waals surface area contributed by atoms with Crippen LogP contribution in [0.5, 0.6) is 5.75 Å². The molecule has 6 heteroatoms. The van der Waals surface area contributed by atoms with Crippen molar-refractivity contribution in [3.63, 3.8) is 0 Å². The minimum atomic E-state index is -0.939. The SMILES string of the molecule is CC1(C)Oc2ccc(NC(=O)c3ccc(F)cc3)cc2NC1=O.